The number of ether oxygens (including phenoxy) is 1. The largest absolute Gasteiger partial charge is 0.491 e. The summed E-state index contributed by atoms with van der Waals surface area (Å²) in [6.07, 6.45) is 0.221. The van der Waals surface area contributed by atoms with Gasteiger partial charge in [-0.15, -0.1) is 0 Å². The Morgan fingerprint density at radius 2 is 1.81 bits per heavy atom. The van der Waals surface area contributed by atoms with E-state index < -0.39 is 29.7 Å². The molecule has 0 radical (unpaired) electrons. The maximum absolute atomic E-state index is 13.1. The Morgan fingerprint density at radius 1 is 1.00 bits per heavy atom. The van der Waals surface area contributed by atoms with Crippen LogP contribution in [0.15, 0.2) is 36.4 Å². The number of amides is 4. The van der Waals surface area contributed by atoms with Gasteiger partial charge in [0.15, 0.2) is 0 Å². The molecule has 1 unspecified atom stereocenters. The monoisotopic (exact) mass is 420 g/mol. The molecule has 0 bridgehead atoms. The molecule has 3 heterocycles. The molecule has 4 amide bonds. The van der Waals surface area contributed by atoms with E-state index in [1.54, 1.807) is 24.3 Å². The summed E-state index contributed by atoms with van der Waals surface area (Å²) in [5, 5.41) is 2.20. The summed E-state index contributed by atoms with van der Waals surface area (Å²) in [6, 6.07) is 9.64. The first-order valence-electron chi connectivity index (χ1n) is 10.0. The fourth-order valence-electron chi connectivity index (χ4n) is 4.26. The van der Waals surface area contributed by atoms with Crippen molar-refractivity contribution < 1.29 is 23.9 Å². The van der Waals surface area contributed by atoms with Gasteiger partial charge < -0.3 is 15.4 Å². The molecule has 1 atom stereocenters. The van der Waals surface area contributed by atoms with Gasteiger partial charge in [0.1, 0.15) is 18.4 Å². The van der Waals surface area contributed by atoms with Crippen LogP contribution in [0, 0.1) is 0 Å². The van der Waals surface area contributed by atoms with Gasteiger partial charge in [0, 0.05) is 36.0 Å². The van der Waals surface area contributed by atoms with Crippen LogP contribution in [0.5, 0.6) is 5.75 Å². The second-order valence-corrected chi connectivity index (χ2v) is 7.81. The number of rotatable bonds is 2. The predicted molar refractivity (Wildman–Crippen MR) is 111 cm³/mol. The molecule has 3 aliphatic heterocycles. The number of anilines is 2. The van der Waals surface area contributed by atoms with E-state index in [1.165, 1.54) is 0 Å². The van der Waals surface area contributed by atoms with Crippen LogP contribution in [-0.4, -0.2) is 47.7 Å². The van der Waals surface area contributed by atoms with Crippen molar-refractivity contribution in [3.63, 3.8) is 0 Å². The molecule has 2 aromatic rings. The van der Waals surface area contributed by atoms with Crippen LogP contribution in [0.4, 0.5) is 11.4 Å². The van der Waals surface area contributed by atoms with E-state index in [0.29, 0.717) is 25.4 Å². The Labute approximate surface area is 177 Å². The third kappa shape index (κ3) is 3.18. The molecule has 0 aromatic heterocycles. The van der Waals surface area contributed by atoms with Gasteiger partial charge in [0.25, 0.3) is 11.8 Å². The zero-order valence-corrected chi connectivity index (χ0v) is 16.6. The fourth-order valence-corrected chi connectivity index (χ4v) is 4.26. The number of hydrogen-bond donors (Lipinski definition) is 2. The number of nitrogens with one attached hydrogen (secondary N) is 1. The first-order chi connectivity index (χ1) is 14.9. The molecule has 0 aliphatic carbocycles. The number of benzene rings is 2. The molecule has 2 aromatic carbocycles. The third-order valence-electron chi connectivity index (χ3n) is 5.86. The van der Waals surface area contributed by atoms with Gasteiger partial charge in [-0.3, -0.25) is 29.4 Å². The van der Waals surface area contributed by atoms with Crippen LogP contribution in [0.25, 0.3) is 0 Å². The summed E-state index contributed by atoms with van der Waals surface area (Å²) < 4.78 is 5.81. The van der Waals surface area contributed by atoms with Gasteiger partial charge in [-0.2, -0.15) is 0 Å². The molecule has 1 fully saturated rings. The number of carbonyl (C=O) groups is 4. The van der Waals surface area contributed by atoms with Gasteiger partial charge in [-0.25, -0.2) is 0 Å². The number of hydrogen-bond acceptors (Lipinski definition) is 7. The van der Waals surface area contributed by atoms with Crippen molar-refractivity contribution in [3.05, 3.63) is 53.1 Å². The Bertz CT molecular complexity index is 1140. The minimum atomic E-state index is -0.975. The van der Waals surface area contributed by atoms with Gasteiger partial charge in [-0.1, -0.05) is 6.07 Å². The van der Waals surface area contributed by atoms with Gasteiger partial charge in [0.2, 0.25) is 11.8 Å². The fraction of sp³-hybridized carbons (Fsp3) is 0.273. The smallest absolute Gasteiger partial charge is 0.262 e. The maximum Gasteiger partial charge on any atom is 0.262 e. The molecule has 9 nitrogen and oxygen atoms in total. The number of fused-ring (bicyclic) bond motifs is 2. The summed E-state index contributed by atoms with van der Waals surface area (Å²) in [6.45, 7) is 1.60. The Kier molecular flexibility index (Phi) is 4.39. The molecular weight excluding hydrogens is 400 g/mol. The van der Waals surface area contributed by atoms with Crippen LogP contribution in [-0.2, 0) is 16.1 Å². The predicted octanol–water partition coefficient (Wildman–Crippen LogP) is 1.07. The van der Waals surface area contributed by atoms with Crippen LogP contribution in [0.2, 0.25) is 0 Å². The van der Waals surface area contributed by atoms with Gasteiger partial charge in [-0.05, 0) is 30.7 Å². The normalized spacial score (nSPS) is 20.7. The summed E-state index contributed by atoms with van der Waals surface area (Å²) in [7, 11) is 0. The third-order valence-corrected chi connectivity index (χ3v) is 5.86. The summed E-state index contributed by atoms with van der Waals surface area (Å²) in [5.41, 5.74) is 8.74. The van der Waals surface area contributed by atoms with E-state index in [2.05, 4.69) is 10.2 Å². The SMILES string of the molecule is Nc1ccc2c(c1)OCCN(c1ccc3c(c1)C(=O)N(C1CCC(=O)NC1=O)C3=O)C2. The quantitative estimate of drug-likeness (QED) is 0.550. The number of piperidine rings is 1. The number of nitrogens with zero attached hydrogens (tertiary/aromatic N) is 2. The first-order valence-corrected chi connectivity index (χ1v) is 10.0. The number of carbonyl (C=O) groups excluding carboxylic acids is 4. The van der Waals surface area contributed by atoms with Crippen molar-refractivity contribution in [1.82, 2.24) is 10.2 Å². The molecule has 1 saturated heterocycles. The lowest BCUT2D eigenvalue weighted by Crippen LogP contribution is -2.54. The topological polar surface area (TPSA) is 122 Å². The second kappa shape index (κ2) is 7.12. The van der Waals surface area contributed by atoms with E-state index in [4.69, 9.17) is 10.5 Å². The highest BCUT2D eigenvalue weighted by atomic mass is 16.5. The average molecular weight is 420 g/mol. The molecule has 31 heavy (non-hydrogen) atoms. The molecular formula is C22H20N4O5. The molecule has 158 valence electrons. The second-order valence-electron chi connectivity index (χ2n) is 7.81. The Morgan fingerprint density at radius 3 is 2.61 bits per heavy atom. The van der Waals surface area contributed by atoms with E-state index >= 15 is 0 Å². The van der Waals surface area contributed by atoms with Gasteiger partial charge in [0.05, 0.1) is 17.7 Å². The van der Waals surface area contributed by atoms with E-state index in [0.717, 1.165) is 21.9 Å². The molecule has 5 rings (SSSR count). The highest BCUT2D eigenvalue weighted by Crippen LogP contribution is 2.33. The zero-order valence-electron chi connectivity index (χ0n) is 16.6. The average Bonchev–Trinajstić information content (AvgIpc) is 2.89. The van der Waals surface area contributed by atoms with Crippen LogP contribution < -0.4 is 20.7 Å². The highest BCUT2D eigenvalue weighted by molar-refractivity contribution is 6.23. The van der Waals surface area contributed by atoms with Crippen molar-refractivity contribution in [2.75, 3.05) is 23.8 Å². The van der Waals surface area contributed by atoms with Crippen LogP contribution >= 0.6 is 0 Å². The zero-order chi connectivity index (χ0) is 21.7. The van der Waals surface area contributed by atoms with Crippen molar-refractivity contribution in [2.24, 2.45) is 0 Å². The van der Waals surface area contributed by atoms with Crippen LogP contribution in [0.3, 0.4) is 0 Å². The van der Waals surface area contributed by atoms with E-state index in [1.807, 2.05) is 12.1 Å². The number of nitrogen functional groups attached to an aromatic ring is 1. The maximum atomic E-state index is 13.1. The van der Waals surface area contributed by atoms with Crippen molar-refractivity contribution in [1.29, 1.82) is 0 Å². The summed E-state index contributed by atoms with van der Waals surface area (Å²) in [5.74, 6) is -1.31. The standard InChI is InChI=1S/C22H20N4O5/c23-13-2-1-12-11-25(7-8-31-18(12)9-13)14-3-4-15-16(10-14)22(30)26(21(15)29)17-5-6-19(27)24-20(17)28/h1-4,9-10,17H,5-8,11,23H2,(H,24,27,28). The highest BCUT2D eigenvalue weighted by Gasteiger charge is 2.44. The van der Waals surface area contributed by atoms with Crippen molar-refractivity contribution in [2.45, 2.75) is 25.4 Å². The van der Waals surface area contributed by atoms with Crippen LogP contribution in [0.1, 0.15) is 39.1 Å². The Hall–Kier alpha value is -3.88. The van der Waals surface area contributed by atoms with E-state index in [9.17, 15) is 19.2 Å². The van der Waals surface area contributed by atoms with Crippen molar-refractivity contribution >= 4 is 35.0 Å². The minimum absolute atomic E-state index is 0.0900. The number of nitrogens with two attached hydrogens (primary N) is 1. The summed E-state index contributed by atoms with van der Waals surface area (Å²) in [4.78, 5) is 52.6. The molecule has 3 N–H and O–H groups in total. The Balaban J connectivity index is 1.43. The first kappa shape index (κ1) is 19.1. The summed E-state index contributed by atoms with van der Waals surface area (Å²) >= 11 is 0. The number of imide groups is 2. The molecule has 3 aliphatic rings. The minimum Gasteiger partial charge on any atom is -0.491 e. The van der Waals surface area contributed by atoms with Crippen molar-refractivity contribution in [3.8, 4) is 5.75 Å². The molecule has 0 saturated carbocycles. The molecule has 9 heteroatoms. The lowest BCUT2D eigenvalue weighted by molar-refractivity contribution is -0.136. The molecule has 0 spiro atoms. The van der Waals surface area contributed by atoms with E-state index in [-0.39, 0.29) is 24.0 Å². The van der Waals surface area contributed by atoms with Gasteiger partial charge >= 0.3 is 0 Å². The lowest BCUT2D eigenvalue weighted by Gasteiger charge is -2.27. The lowest BCUT2D eigenvalue weighted by atomic mass is 10.0.